The van der Waals surface area contributed by atoms with E-state index in [4.69, 9.17) is 11.6 Å². The normalized spacial score (nSPS) is 23.0. The molecule has 2 N–H and O–H groups in total. The van der Waals surface area contributed by atoms with Gasteiger partial charge in [-0.1, -0.05) is 18.0 Å². The highest BCUT2D eigenvalue weighted by Crippen LogP contribution is 2.19. The fourth-order valence-corrected chi connectivity index (χ4v) is 2.34. The molecule has 1 aromatic rings. The van der Waals surface area contributed by atoms with Crippen LogP contribution >= 0.6 is 11.6 Å². The van der Waals surface area contributed by atoms with E-state index in [0.717, 1.165) is 18.5 Å². The van der Waals surface area contributed by atoms with E-state index in [2.05, 4.69) is 10.3 Å². The van der Waals surface area contributed by atoms with E-state index >= 15 is 0 Å². The number of hydrogen-bond acceptors (Lipinski definition) is 3. The molecule has 1 aliphatic rings. The number of halogens is 1. The van der Waals surface area contributed by atoms with E-state index in [1.54, 1.807) is 12.4 Å². The van der Waals surface area contributed by atoms with Gasteiger partial charge in [0.2, 0.25) is 0 Å². The van der Waals surface area contributed by atoms with Crippen molar-refractivity contribution >= 4 is 11.6 Å². The van der Waals surface area contributed by atoms with Crippen molar-refractivity contribution in [2.24, 2.45) is 0 Å². The third kappa shape index (κ3) is 2.94. The Morgan fingerprint density at radius 3 is 3.12 bits per heavy atom. The average Bonchev–Trinajstić information content (AvgIpc) is 2.33. The molecule has 2 atom stereocenters. The van der Waals surface area contributed by atoms with Crippen LogP contribution in [0.25, 0.3) is 0 Å². The van der Waals surface area contributed by atoms with Gasteiger partial charge in [0.1, 0.15) is 0 Å². The van der Waals surface area contributed by atoms with Gasteiger partial charge in [0.15, 0.2) is 0 Å². The first kappa shape index (κ1) is 11.8. The molecule has 1 aromatic heterocycles. The average molecular weight is 241 g/mol. The smallest absolute Gasteiger partial charge is 0.0733 e. The summed E-state index contributed by atoms with van der Waals surface area (Å²) in [5.41, 5.74) is 0.969. The Kier molecular flexibility index (Phi) is 4.16. The number of pyridine rings is 1. The number of aliphatic hydroxyl groups excluding tert-OH is 1. The highest BCUT2D eigenvalue weighted by Gasteiger charge is 2.21. The molecule has 2 unspecified atom stereocenters. The van der Waals surface area contributed by atoms with Gasteiger partial charge >= 0.3 is 0 Å². The summed E-state index contributed by atoms with van der Waals surface area (Å²) >= 11 is 6.01. The van der Waals surface area contributed by atoms with E-state index in [1.807, 2.05) is 6.07 Å². The molecule has 1 fully saturated rings. The molecule has 4 heteroatoms. The summed E-state index contributed by atoms with van der Waals surface area (Å²) in [6.45, 7) is 1.01. The fraction of sp³-hybridized carbons (Fsp3) is 0.583. The molecule has 0 radical (unpaired) electrons. The molecule has 0 amide bonds. The Balaban J connectivity index is 1.96. The summed E-state index contributed by atoms with van der Waals surface area (Å²) in [5, 5.41) is 14.1. The molecular formula is C12H17ClN2O. The van der Waals surface area contributed by atoms with Crippen molar-refractivity contribution in [1.82, 2.24) is 10.3 Å². The second-order valence-electron chi connectivity index (χ2n) is 4.29. The SMILES string of the molecule is OC(Cc1ccncc1Cl)C1CCCCN1. The quantitative estimate of drug-likeness (QED) is 0.847. The minimum atomic E-state index is -0.361. The largest absolute Gasteiger partial charge is 0.391 e. The fourth-order valence-electron chi connectivity index (χ4n) is 2.14. The molecule has 0 saturated carbocycles. The van der Waals surface area contributed by atoms with Crippen LogP contribution in [0.3, 0.4) is 0 Å². The van der Waals surface area contributed by atoms with Gasteiger partial charge in [-0.05, 0) is 31.0 Å². The van der Waals surface area contributed by atoms with E-state index < -0.39 is 0 Å². The maximum atomic E-state index is 10.1. The third-order valence-corrected chi connectivity index (χ3v) is 3.44. The van der Waals surface area contributed by atoms with Crippen LogP contribution in [0, 0.1) is 0 Å². The first-order chi connectivity index (χ1) is 7.77. The van der Waals surface area contributed by atoms with Crippen LogP contribution < -0.4 is 5.32 Å². The lowest BCUT2D eigenvalue weighted by atomic mass is 9.95. The summed E-state index contributed by atoms with van der Waals surface area (Å²) in [5.74, 6) is 0. The number of aromatic nitrogens is 1. The summed E-state index contributed by atoms with van der Waals surface area (Å²) in [4.78, 5) is 3.94. The zero-order chi connectivity index (χ0) is 11.4. The number of nitrogens with zero attached hydrogens (tertiary/aromatic N) is 1. The predicted octanol–water partition coefficient (Wildman–Crippen LogP) is 1.78. The standard InChI is InChI=1S/C12H17ClN2O/c13-10-8-14-6-4-9(10)7-12(16)11-3-1-2-5-15-11/h4,6,8,11-12,15-16H,1-3,5,7H2. The van der Waals surface area contributed by atoms with E-state index in [1.165, 1.54) is 12.8 Å². The van der Waals surface area contributed by atoms with Crippen LogP contribution in [0.4, 0.5) is 0 Å². The lowest BCUT2D eigenvalue weighted by Crippen LogP contribution is -2.44. The molecular weight excluding hydrogens is 224 g/mol. The van der Waals surface area contributed by atoms with Crippen molar-refractivity contribution in [3.8, 4) is 0 Å². The number of nitrogens with one attached hydrogen (secondary N) is 1. The molecule has 0 bridgehead atoms. The molecule has 2 rings (SSSR count). The predicted molar refractivity (Wildman–Crippen MR) is 64.6 cm³/mol. The van der Waals surface area contributed by atoms with Crippen molar-refractivity contribution in [3.63, 3.8) is 0 Å². The van der Waals surface area contributed by atoms with Gasteiger partial charge in [0.05, 0.1) is 11.1 Å². The second kappa shape index (κ2) is 5.62. The summed E-state index contributed by atoms with van der Waals surface area (Å²) in [6, 6.07) is 2.08. The Morgan fingerprint density at radius 2 is 2.44 bits per heavy atom. The maximum absolute atomic E-state index is 10.1. The highest BCUT2D eigenvalue weighted by molar-refractivity contribution is 6.31. The monoisotopic (exact) mass is 240 g/mol. The lowest BCUT2D eigenvalue weighted by Gasteiger charge is -2.28. The number of hydrogen-bond donors (Lipinski definition) is 2. The van der Waals surface area contributed by atoms with Gasteiger partial charge in [0, 0.05) is 24.9 Å². The van der Waals surface area contributed by atoms with E-state index in [9.17, 15) is 5.11 Å². The molecule has 0 aliphatic carbocycles. The van der Waals surface area contributed by atoms with Crippen molar-refractivity contribution < 1.29 is 5.11 Å². The van der Waals surface area contributed by atoms with Crippen LogP contribution in [0.1, 0.15) is 24.8 Å². The number of rotatable bonds is 3. The van der Waals surface area contributed by atoms with Crippen molar-refractivity contribution in [3.05, 3.63) is 29.0 Å². The van der Waals surface area contributed by atoms with Gasteiger partial charge in [-0.3, -0.25) is 4.98 Å². The second-order valence-corrected chi connectivity index (χ2v) is 4.70. The first-order valence-electron chi connectivity index (χ1n) is 5.77. The van der Waals surface area contributed by atoms with Gasteiger partial charge in [-0.2, -0.15) is 0 Å². The third-order valence-electron chi connectivity index (χ3n) is 3.10. The summed E-state index contributed by atoms with van der Waals surface area (Å²) in [6.07, 6.45) is 7.02. The molecule has 88 valence electrons. The van der Waals surface area contributed by atoms with Crippen LogP contribution in [-0.2, 0) is 6.42 Å². The van der Waals surface area contributed by atoms with Crippen LogP contribution in [-0.4, -0.2) is 28.8 Å². The Morgan fingerprint density at radius 1 is 1.56 bits per heavy atom. The van der Waals surface area contributed by atoms with E-state index in [-0.39, 0.29) is 12.1 Å². The van der Waals surface area contributed by atoms with Crippen molar-refractivity contribution in [1.29, 1.82) is 0 Å². The van der Waals surface area contributed by atoms with Crippen LogP contribution in [0.5, 0.6) is 0 Å². The van der Waals surface area contributed by atoms with Crippen molar-refractivity contribution in [2.75, 3.05) is 6.54 Å². The van der Waals surface area contributed by atoms with Gasteiger partial charge in [0.25, 0.3) is 0 Å². The Hall–Kier alpha value is -0.640. The Labute approximate surface area is 101 Å². The number of aliphatic hydroxyl groups is 1. The molecule has 1 aliphatic heterocycles. The summed E-state index contributed by atoms with van der Waals surface area (Å²) in [7, 11) is 0. The molecule has 3 nitrogen and oxygen atoms in total. The zero-order valence-corrected chi connectivity index (χ0v) is 9.95. The van der Waals surface area contributed by atoms with Crippen LogP contribution in [0.15, 0.2) is 18.5 Å². The molecule has 1 saturated heterocycles. The van der Waals surface area contributed by atoms with Gasteiger partial charge < -0.3 is 10.4 Å². The molecule has 2 heterocycles. The molecule has 0 spiro atoms. The molecule has 16 heavy (non-hydrogen) atoms. The topological polar surface area (TPSA) is 45.2 Å². The minimum Gasteiger partial charge on any atom is -0.391 e. The minimum absolute atomic E-state index is 0.206. The highest BCUT2D eigenvalue weighted by atomic mass is 35.5. The van der Waals surface area contributed by atoms with Gasteiger partial charge in [-0.15, -0.1) is 0 Å². The summed E-state index contributed by atoms with van der Waals surface area (Å²) < 4.78 is 0. The van der Waals surface area contributed by atoms with Crippen LogP contribution in [0.2, 0.25) is 5.02 Å². The Bertz CT molecular complexity index is 340. The zero-order valence-electron chi connectivity index (χ0n) is 9.19. The van der Waals surface area contributed by atoms with Crippen molar-refractivity contribution in [2.45, 2.75) is 37.8 Å². The first-order valence-corrected chi connectivity index (χ1v) is 6.15. The van der Waals surface area contributed by atoms with E-state index in [0.29, 0.717) is 11.4 Å². The number of piperidine rings is 1. The maximum Gasteiger partial charge on any atom is 0.0733 e. The van der Waals surface area contributed by atoms with Gasteiger partial charge in [-0.25, -0.2) is 0 Å². The lowest BCUT2D eigenvalue weighted by molar-refractivity contribution is 0.113. The molecule has 0 aromatic carbocycles.